The Labute approximate surface area is 733 Å². The summed E-state index contributed by atoms with van der Waals surface area (Å²) >= 11 is 25.4. The topological polar surface area (TPSA) is 225 Å². The Morgan fingerprint density at radius 1 is 0.190 bits per heavy atom. The largest absolute Gasteiger partial charge is 0.456 e. The molecule has 0 atom stereocenters. The standard InChI is InChI=1S/2C27H14ClN3O2.C25H15ClN4.C25H14ClN3O/c28-27-30-25(19-11-5-9-17-15-7-1-3-13-21(15)32-23(17)19)29-26(31-27)20-12-6-10-18-16-8-2-4-14-22(16)33-24(18)20;28-27-30-25(15-12-13-18-16-6-1-3-10-21(16)32-23(18)14-15)29-26(31-27)20-9-5-8-19-17-7-2-4-11-22(17)33-24(19)20;26-24-27-23(17-9-2-1-3-10-17)28-25(29-24)30-20-13-7-6-12-19(20)22-18-11-5-4-8-16(18)14-15-21(22)30;26-25-28-23(17-13-12-15-6-1-2-7-16(15)14-17)27-24(29-25)20-10-5-9-19-18-8-3-4-11-21(18)30-22(19)20/h2*1-14H;1-15H;1-14H. The van der Waals surface area contributed by atoms with Gasteiger partial charge in [0.25, 0.3) is 0 Å². The predicted molar refractivity (Wildman–Crippen MR) is 503 cm³/mol. The van der Waals surface area contributed by atoms with E-state index < -0.39 is 0 Å². The van der Waals surface area contributed by atoms with Gasteiger partial charge in [-0.2, -0.15) is 44.9 Å². The zero-order chi connectivity index (χ0) is 84.0. The van der Waals surface area contributed by atoms with Crippen LogP contribution in [0.15, 0.2) is 368 Å². The first-order chi connectivity index (χ1) is 62.1. The van der Waals surface area contributed by atoms with E-state index in [-0.39, 0.29) is 21.1 Å². The lowest BCUT2D eigenvalue weighted by Gasteiger charge is -2.08. The molecule has 0 aliphatic heterocycles. The molecule has 18 nitrogen and oxygen atoms in total. The van der Waals surface area contributed by atoms with Crippen molar-refractivity contribution in [3.05, 3.63) is 367 Å². The van der Waals surface area contributed by atoms with Crippen molar-refractivity contribution in [2.24, 2.45) is 0 Å². The van der Waals surface area contributed by atoms with E-state index in [0.29, 0.717) is 57.9 Å². The minimum atomic E-state index is 0.108. The van der Waals surface area contributed by atoms with Crippen LogP contribution in [0.4, 0.5) is 0 Å². The highest BCUT2D eigenvalue weighted by Crippen LogP contribution is 2.43. The number of hydrogen-bond acceptors (Lipinski definition) is 17. The molecule has 22 heteroatoms. The highest BCUT2D eigenvalue weighted by atomic mass is 35.5. The maximum atomic E-state index is 6.39. The first-order valence-electron chi connectivity index (χ1n) is 40.2. The lowest BCUT2D eigenvalue weighted by atomic mass is 10.0. The zero-order valence-corrected chi connectivity index (χ0v) is 68.8. The number of furan rings is 5. The SMILES string of the molecule is Clc1nc(-c2ccc3c(c2)oc2ccccc23)nc(-c2cccc3c2oc2ccccc23)n1.Clc1nc(-c2ccc3ccccc3c2)nc(-c2cccc3c2oc2ccccc23)n1.Clc1nc(-c2cccc3c2oc2ccccc23)nc(-c2cccc3c2oc2ccccc23)n1.Clc1nc(-c2ccccc2)nc(-n2c3ccccc3c3c4ccccc4ccc32)n1. The average Bonchev–Trinajstić information content (AvgIpc) is 1.56. The number of halogens is 4. The van der Waals surface area contributed by atoms with Crippen molar-refractivity contribution in [1.29, 1.82) is 0 Å². The van der Waals surface area contributed by atoms with Crippen molar-refractivity contribution in [3.8, 4) is 85.7 Å². The van der Waals surface area contributed by atoms with Crippen LogP contribution in [-0.4, -0.2) is 64.4 Å². The molecule has 0 saturated carbocycles. The number of hydrogen-bond donors (Lipinski definition) is 0. The average molecular weight is 1710 g/mol. The summed E-state index contributed by atoms with van der Waals surface area (Å²) in [5.41, 5.74) is 15.5. The van der Waals surface area contributed by atoms with Crippen LogP contribution >= 0.6 is 46.4 Å². The van der Waals surface area contributed by atoms with E-state index in [2.05, 4.69) is 123 Å². The normalized spacial score (nSPS) is 11.7. The van der Waals surface area contributed by atoms with Gasteiger partial charge >= 0.3 is 0 Å². The second-order valence-electron chi connectivity index (χ2n) is 29.9. The molecule has 0 radical (unpaired) electrons. The molecule has 26 rings (SSSR count). The minimum absolute atomic E-state index is 0.108. The van der Waals surface area contributed by atoms with Crippen molar-refractivity contribution in [2.45, 2.75) is 0 Å². The minimum Gasteiger partial charge on any atom is -0.456 e. The van der Waals surface area contributed by atoms with E-state index in [1.54, 1.807) is 0 Å². The van der Waals surface area contributed by atoms with Gasteiger partial charge in [-0.3, -0.25) is 4.57 Å². The van der Waals surface area contributed by atoms with E-state index in [4.69, 9.17) is 88.4 Å². The monoisotopic (exact) mass is 1710 g/mol. The number of fused-ring (bicyclic) bond motifs is 21. The molecule has 26 aromatic rings. The van der Waals surface area contributed by atoms with E-state index in [0.717, 1.165) is 165 Å². The molecule has 0 unspecified atom stereocenters. The Kier molecular flexibility index (Phi) is 18.6. The molecule has 126 heavy (non-hydrogen) atoms. The highest BCUT2D eigenvalue weighted by Gasteiger charge is 2.25. The third-order valence-electron chi connectivity index (χ3n) is 22.4. The molecule has 0 saturated heterocycles. The first kappa shape index (κ1) is 75.0. The molecule has 0 fully saturated rings. The number of rotatable bonds is 8. The van der Waals surface area contributed by atoms with Crippen LogP contribution in [0.3, 0.4) is 0 Å². The lowest BCUT2D eigenvalue weighted by molar-refractivity contribution is 0.668. The Hall–Kier alpha value is -16.0. The fourth-order valence-electron chi connectivity index (χ4n) is 16.8. The predicted octanol–water partition coefficient (Wildman–Crippen LogP) is 28.7. The van der Waals surface area contributed by atoms with Crippen LogP contribution in [0, 0.1) is 0 Å². The van der Waals surface area contributed by atoms with Crippen LogP contribution in [0.5, 0.6) is 0 Å². The van der Waals surface area contributed by atoms with Gasteiger partial charge in [-0.1, -0.05) is 261 Å². The first-order valence-corrected chi connectivity index (χ1v) is 41.7. The molecule has 0 aliphatic rings. The van der Waals surface area contributed by atoms with Crippen molar-refractivity contribution in [3.63, 3.8) is 0 Å². The summed E-state index contributed by atoms with van der Waals surface area (Å²) in [7, 11) is 0. The van der Waals surface area contributed by atoms with Crippen LogP contribution in [0.25, 0.3) is 239 Å². The Bertz CT molecular complexity index is 8740. The lowest BCUT2D eigenvalue weighted by Crippen LogP contribution is -2.04. The van der Waals surface area contributed by atoms with E-state index in [1.807, 2.05) is 267 Å². The van der Waals surface area contributed by atoms with Crippen molar-refractivity contribution < 1.29 is 22.1 Å². The molecule has 0 N–H and O–H groups in total. The number of nitrogens with zero attached hydrogens (tertiary/aromatic N) is 13. The zero-order valence-electron chi connectivity index (χ0n) is 65.8. The second-order valence-corrected chi connectivity index (χ2v) is 31.2. The quantitative estimate of drug-likeness (QED) is 0.138. The van der Waals surface area contributed by atoms with Gasteiger partial charge in [-0.15, -0.1) is 0 Å². The van der Waals surface area contributed by atoms with Gasteiger partial charge in [0.1, 0.15) is 55.8 Å². The molecular formula is C104H57Cl4N13O5. The van der Waals surface area contributed by atoms with Crippen LogP contribution in [-0.2, 0) is 0 Å². The maximum absolute atomic E-state index is 6.39. The summed E-state index contributed by atoms with van der Waals surface area (Å²) in [5, 5.41) is 17.9. The van der Waals surface area contributed by atoms with E-state index in [1.165, 1.54) is 16.2 Å². The van der Waals surface area contributed by atoms with Gasteiger partial charge in [0.15, 0.2) is 40.8 Å². The van der Waals surface area contributed by atoms with Gasteiger partial charge in [-0.05, 0) is 153 Å². The van der Waals surface area contributed by atoms with Gasteiger partial charge in [0.2, 0.25) is 27.1 Å². The summed E-state index contributed by atoms with van der Waals surface area (Å²) in [5.74, 6) is 3.91. The highest BCUT2D eigenvalue weighted by molar-refractivity contribution is 6.30. The summed E-state index contributed by atoms with van der Waals surface area (Å²) in [4.78, 5) is 54.3. The summed E-state index contributed by atoms with van der Waals surface area (Å²) < 4.78 is 32.7. The molecule has 0 amide bonds. The maximum Gasteiger partial charge on any atom is 0.239 e. The Balaban J connectivity index is 0.0000000967. The molecule has 0 spiro atoms. The molecule has 0 bridgehead atoms. The van der Waals surface area contributed by atoms with Gasteiger partial charge < -0.3 is 22.1 Å². The summed E-state index contributed by atoms with van der Waals surface area (Å²) in [6.45, 7) is 0. The molecule has 16 aromatic carbocycles. The number of aromatic nitrogens is 13. The summed E-state index contributed by atoms with van der Waals surface area (Å²) in [6.07, 6.45) is 0. The third-order valence-corrected chi connectivity index (χ3v) is 23.1. The second kappa shape index (κ2) is 31.2. The Morgan fingerprint density at radius 3 is 1.01 bits per heavy atom. The van der Waals surface area contributed by atoms with Crippen molar-refractivity contribution in [1.82, 2.24) is 64.4 Å². The number of para-hydroxylation sites is 10. The fraction of sp³-hybridized carbons (Fsp3) is 0. The molecule has 10 aromatic heterocycles. The summed E-state index contributed by atoms with van der Waals surface area (Å²) in [6, 6.07) is 115. The third kappa shape index (κ3) is 13.5. The van der Waals surface area contributed by atoms with Crippen LogP contribution in [0.1, 0.15) is 0 Å². The fourth-order valence-corrected chi connectivity index (χ4v) is 17.4. The van der Waals surface area contributed by atoms with E-state index >= 15 is 0 Å². The molecule has 10 heterocycles. The number of benzene rings is 16. The molecule has 596 valence electrons. The van der Waals surface area contributed by atoms with Gasteiger partial charge in [0, 0.05) is 81.3 Å². The Morgan fingerprint density at radius 2 is 0.524 bits per heavy atom. The van der Waals surface area contributed by atoms with Gasteiger partial charge in [0.05, 0.1) is 33.3 Å². The van der Waals surface area contributed by atoms with Gasteiger partial charge in [-0.25, -0.2) is 15.0 Å². The molecule has 0 aliphatic carbocycles. The van der Waals surface area contributed by atoms with Crippen LogP contribution < -0.4 is 0 Å². The van der Waals surface area contributed by atoms with Crippen molar-refractivity contribution >= 4 is 199 Å². The smallest absolute Gasteiger partial charge is 0.239 e. The van der Waals surface area contributed by atoms with Crippen molar-refractivity contribution in [2.75, 3.05) is 0 Å². The van der Waals surface area contributed by atoms with E-state index in [9.17, 15) is 0 Å². The molecular weight excluding hydrogens is 1650 g/mol. The van der Waals surface area contributed by atoms with Crippen LogP contribution in [0.2, 0.25) is 21.1 Å².